The molecule has 0 aliphatic rings. The average Bonchev–Trinajstić information content (AvgIpc) is 2.03. The molecule has 0 spiro atoms. The Morgan fingerprint density at radius 3 is 2.62 bits per heavy atom. The fourth-order valence-electron chi connectivity index (χ4n) is 0.963. The zero-order valence-corrected chi connectivity index (χ0v) is 6.75. The van der Waals surface area contributed by atoms with Crippen molar-refractivity contribution in [2.75, 3.05) is 0 Å². The topological polar surface area (TPSA) is 38.9 Å². The van der Waals surface area contributed by atoms with Crippen LogP contribution in [-0.4, -0.2) is 11.2 Å². The predicted molar refractivity (Wildman–Crippen MR) is 41.8 cm³/mol. The SMILES string of the molecule is N[C@H](CC(F)(F)F)c1cccnc1. The van der Waals surface area contributed by atoms with E-state index >= 15 is 0 Å². The van der Waals surface area contributed by atoms with Crippen LogP contribution in [0.3, 0.4) is 0 Å². The van der Waals surface area contributed by atoms with Crippen LogP contribution >= 0.6 is 0 Å². The Labute approximate surface area is 73.6 Å². The van der Waals surface area contributed by atoms with Gasteiger partial charge in [-0.05, 0) is 11.6 Å². The maximum absolute atomic E-state index is 11.9. The molecule has 0 aliphatic heterocycles. The minimum Gasteiger partial charge on any atom is -0.324 e. The molecule has 2 N–H and O–H groups in total. The van der Waals surface area contributed by atoms with Gasteiger partial charge in [-0.15, -0.1) is 0 Å². The molecule has 1 atom stereocenters. The van der Waals surface area contributed by atoms with Gasteiger partial charge in [-0.2, -0.15) is 13.2 Å². The molecule has 0 saturated heterocycles. The number of alkyl halides is 3. The lowest BCUT2D eigenvalue weighted by atomic mass is 10.1. The van der Waals surface area contributed by atoms with Gasteiger partial charge in [0, 0.05) is 18.4 Å². The number of aromatic nitrogens is 1. The normalized spacial score (nSPS) is 14.2. The van der Waals surface area contributed by atoms with Gasteiger partial charge in [-0.1, -0.05) is 6.07 Å². The molecule has 72 valence electrons. The Bertz CT molecular complexity index is 258. The fraction of sp³-hybridized carbons (Fsp3) is 0.375. The summed E-state index contributed by atoms with van der Waals surface area (Å²) in [5, 5.41) is 0. The van der Waals surface area contributed by atoms with Crippen molar-refractivity contribution < 1.29 is 13.2 Å². The average molecular weight is 190 g/mol. The molecular formula is C8H9F3N2. The molecule has 0 saturated carbocycles. The van der Waals surface area contributed by atoms with Crippen molar-refractivity contribution in [3.05, 3.63) is 30.1 Å². The van der Waals surface area contributed by atoms with Gasteiger partial charge < -0.3 is 5.73 Å². The first kappa shape index (κ1) is 9.98. The highest BCUT2D eigenvalue weighted by atomic mass is 19.4. The van der Waals surface area contributed by atoms with E-state index in [1.54, 1.807) is 6.07 Å². The summed E-state index contributed by atoms with van der Waals surface area (Å²) in [6.07, 6.45) is -2.41. The molecule has 0 aromatic carbocycles. The fourth-order valence-corrected chi connectivity index (χ4v) is 0.963. The summed E-state index contributed by atoms with van der Waals surface area (Å²) in [4.78, 5) is 3.69. The van der Waals surface area contributed by atoms with Gasteiger partial charge in [0.25, 0.3) is 0 Å². The lowest BCUT2D eigenvalue weighted by Gasteiger charge is -2.13. The molecular weight excluding hydrogens is 181 g/mol. The predicted octanol–water partition coefficient (Wildman–Crippen LogP) is 2.03. The monoisotopic (exact) mass is 190 g/mol. The molecule has 5 heteroatoms. The van der Waals surface area contributed by atoms with Gasteiger partial charge in [0.15, 0.2) is 0 Å². The zero-order chi connectivity index (χ0) is 9.90. The summed E-state index contributed by atoms with van der Waals surface area (Å²) < 4.78 is 35.7. The summed E-state index contributed by atoms with van der Waals surface area (Å²) >= 11 is 0. The number of pyridine rings is 1. The van der Waals surface area contributed by atoms with Gasteiger partial charge >= 0.3 is 6.18 Å². The Morgan fingerprint density at radius 2 is 2.15 bits per heavy atom. The van der Waals surface area contributed by atoms with E-state index in [1.165, 1.54) is 18.5 Å². The molecule has 1 rings (SSSR count). The van der Waals surface area contributed by atoms with Crippen LogP contribution in [0.4, 0.5) is 13.2 Å². The van der Waals surface area contributed by atoms with E-state index < -0.39 is 18.6 Å². The summed E-state index contributed by atoms with van der Waals surface area (Å²) in [5.41, 5.74) is 5.72. The Hall–Kier alpha value is -1.10. The van der Waals surface area contributed by atoms with E-state index in [-0.39, 0.29) is 0 Å². The maximum atomic E-state index is 11.9. The van der Waals surface area contributed by atoms with Crippen molar-refractivity contribution in [3.63, 3.8) is 0 Å². The summed E-state index contributed by atoms with van der Waals surface area (Å²) in [6.45, 7) is 0. The number of hydrogen-bond acceptors (Lipinski definition) is 2. The molecule has 0 aliphatic carbocycles. The largest absolute Gasteiger partial charge is 0.390 e. The highest BCUT2D eigenvalue weighted by molar-refractivity contribution is 5.13. The molecule has 2 nitrogen and oxygen atoms in total. The molecule has 1 heterocycles. The first-order chi connectivity index (χ1) is 5.99. The first-order valence-corrected chi connectivity index (χ1v) is 3.71. The smallest absolute Gasteiger partial charge is 0.324 e. The van der Waals surface area contributed by atoms with Gasteiger partial charge in [0.05, 0.1) is 6.42 Å². The van der Waals surface area contributed by atoms with Crippen LogP contribution in [0.1, 0.15) is 18.0 Å². The number of rotatable bonds is 2. The number of hydrogen-bond donors (Lipinski definition) is 1. The Balaban J connectivity index is 2.64. The Morgan fingerprint density at radius 1 is 1.46 bits per heavy atom. The summed E-state index contributed by atoms with van der Waals surface area (Å²) in [7, 11) is 0. The standard InChI is InChI=1S/C8H9F3N2/c9-8(10,11)4-7(12)6-2-1-3-13-5-6/h1-3,5,7H,4,12H2/t7-/m1/s1. The van der Waals surface area contributed by atoms with E-state index in [0.29, 0.717) is 5.56 Å². The minimum atomic E-state index is -4.23. The van der Waals surface area contributed by atoms with Crippen LogP contribution in [0, 0.1) is 0 Å². The van der Waals surface area contributed by atoms with Crippen molar-refractivity contribution in [2.24, 2.45) is 5.73 Å². The highest BCUT2D eigenvalue weighted by Gasteiger charge is 2.30. The molecule has 0 bridgehead atoms. The third-order valence-electron chi connectivity index (χ3n) is 1.56. The molecule has 13 heavy (non-hydrogen) atoms. The zero-order valence-electron chi connectivity index (χ0n) is 6.75. The second-order valence-corrected chi connectivity index (χ2v) is 2.71. The minimum absolute atomic E-state index is 0.403. The van der Waals surface area contributed by atoms with E-state index in [0.717, 1.165) is 0 Å². The second kappa shape index (κ2) is 3.74. The van der Waals surface area contributed by atoms with Crippen molar-refractivity contribution in [1.82, 2.24) is 4.98 Å². The van der Waals surface area contributed by atoms with Gasteiger partial charge in [0.2, 0.25) is 0 Å². The second-order valence-electron chi connectivity index (χ2n) is 2.71. The van der Waals surface area contributed by atoms with Crippen molar-refractivity contribution in [1.29, 1.82) is 0 Å². The van der Waals surface area contributed by atoms with Crippen molar-refractivity contribution in [2.45, 2.75) is 18.6 Å². The molecule has 0 amide bonds. The number of halogens is 3. The molecule has 0 fully saturated rings. The van der Waals surface area contributed by atoms with Crippen LogP contribution in [-0.2, 0) is 0 Å². The van der Waals surface area contributed by atoms with Crippen molar-refractivity contribution >= 4 is 0 Å². The van der Waals surface area contributed by atoms with Gasteiger partial charge in [-0.3, -0.25) is 4.98 Å². The van der Waals surface area contributed by atoms with Crippen LogP contribution < -0.4 is 5.73 Å². The Kier molecular flexibility index (Phi) is 2.87. The van der Waals surface area contributed by atoms with E-state index in [9.17, 15) is 13.2 Å². The van der Waals surface area contributed by atoms with E-state index in [1.807, 2.05) is 0 Å². The van der Waals surface area contributed by atoms with Crippen LogP contribution in [0.25, 0.3) is 0 Å². The molecule has 1 aromatic rings. The first-order valence-electron chi connectivity index (χ1n) is 3.71. The maximum Gasteiger partial charge on any atom is 0.390 e. The molecule has 0 radical (unpaired) electrons. The van der Waals surface area contributed by atoms with Crippen LogP contribution in [0.15, 0.2) is 24.5 Å². The van der Waals surface area contributed by atoms with Crippen LogP contribution in [0.2, 0.25) is 0 Å². The summed E-state index contributed by atoms with van der Waals surface area (Å²) in [5.74, 6) is 0. The summed E-state index contributed by atoms with van der Waals surface area (Å²) in [6, 6.07) is 2.07. The van der Waals surface area contributed by atoms with Crippen molar-refractivity contribution in [3.8, 4) is 0 Å². The lowest BCUT2D eigenvalue weighted by Crippen LogP contribution is -2.20. The number of nitrogens with two attached hydrogens (primary N) is 1. The molecule has 0 unspecified atom stereocenters. The number of nitrogens with zero attached hydrogens (tertiary/aromatic N) is 1. The van der Waals surface area contributed by atoms with E-state index in [2.05, 4.69) is 4.98 Å². The third-order valence-corrected chi connectivity index (χ3v) is 1.56. The van der Waals surface area contributed by atoms with E-state index in [4.69, 9.17) is 5.73 Å². The quantitative estimate of drug-likeness (QED) is 0.774. The van der Waals surface area contributed by atoms with Crippen LogP contribution in [0.5, 0.6) is 0 Å². The third kappa shape index (κ3) is 3.42. The lowest BCUT2D eigenvalue weighted by molar-refractivity contribution is -0.138. The highest BCUT2D eigenvalue weighted by Crippen LogP contribution is 2.27. The molecule has 1 aromatic heterocycles. The van der Waals surface area contributed by atoms with Gasteiger partial charge in [-0.25, -0.2) is 0 Å². The van der Waals surface area contributed by atoms with Gasteiger partial charge in [0.1, 0.15) is 0 Å².